The number of halogens is 1. The van der Waals surface area contributed by atoms with Gasteiger partial charge in [0.15, 0.2) is 0 Å². The monoisotopic (exact) mass is 229 g/mol. The van der Waals surface area contributed by atoms with Crippen LogP contribution in [0.1, 0.15) is 17.9 Å². The number of rotatable bonds is 4. The summed E-state index contributed by atoms with van der Waals surface area (Å²) in [6, 6.07) is 9.55. The average molecular weight is 230 g/mol. The molecule has 0 heterocycles. The fourth-order valence-corrected chi connectivity index (χ4v) is 1.41. The van der Waals surface area contributed by atoms with Gasteiger partial charge in [0, 0.05) is 0 Å². The molecule has 4 heteroatoms. The summed E-state index contributed by atoms with van der Waals surface area (Å²) in [5.41, 5.74) is 6.41. The summed E-state index contributed by atoms with van der Waals surface area (Å²) in [6.07, 6.45) is 0.622. The minimum absolute atomic E-state index is 0. The number of ether oxygens (including phenoxy) is 1. The molecule has 84 valence electrons. The van der Waals surface area contributed by atoms with Gasteiger partial charge in [0.05, 0.1) is 13.0 Å². The van der Waals surface area contributed by atoms with Gasteiger partial charge in [-0.3, -0.25) is 4.79 Å². The Labute approximate surface area is 96.0 Å². The van der Waals surface area contributed by atoms with E-state index in [9.17, 15) is 4.79 Å². The zero-order chi connectivity index (χ0) is 10.4. The molecule has 0 saturated heterocycles. The van der Waals surface area contributed by atoms with Gasteiger partial charge in [0.25, 0.3) is 0 Å². The number of nitrogens with two attached hydrogens (primary N) is 1. The molecule has 0 aliphatic heterocycles. The van der Waals surface area contributed by atoms with Crippen molar-refractivity contribution in [3.05, 3.63) is 35.9 Å². The lowest BCUT2D eigenvalue weighted by Crippen LogP contribution is -2.17. The van der Waals surface area contributed by atoms with Crippen molar-refractivity contribution in [3.63, 3.8) is 0 Å². The van der Waals surface area contributed by atoms with Crippen LogP contribution in [0.4, 0.5) is 0 Å². The van der Waals surface area contributed by atoms with Crippen LogP contribution in [0.25, 0.3) is 0 Å². The molecule has 0 aliphatic carbocycles. The molecular weight excluding hydrogens is 214 g/mol. The predicted octanol–water partition coefficient (Wildman–Crippen LogP) is 1.71. The average Bonchev–Trinajstić information content (AvgIpc) is 2.26. The Balaban J connectivity index is 0.00000196. The number of methoxy groups -OCH3 is 1. The van der Waals surface area contributed by atoms with Crippen molar-refractivity contribution >= 4 is 18.4 Å². The lowest BCUT2D eigenvalue weighted by Gasteiger charge is -2.13. The van der Waals surface area contributed by atoms with Crippen LogP contribution in [0.3, 0.4) is 0 Å². The second-order valence-corrected chi connectivity index (χ2v) is 3.06. The number of hydrogen-bond acceptors (Lipinski definition) is 3. The largest absolute Gasteiger partial charge is 0.469 e. The fourth-order valence-electron chi connectivity index (χ4n) is 1.41. The third kappa shape index (κ3) is 3.90. The number of carbonyl (C=O) groups excluding carboxylic acids is 1. The van der Waals surface area contributed by atoms with Crippen molar-refractivity contribution in [2.24, 2.45) is 5.73 Å². The quantitative estimate of drug-likeness (QED) is 0.800. The van der Waals surface area contributed by atoms with E-state index >= 15 is 0 Å². The molecule has 0 fully saturated rings. The first-order valence-electron chi connectivity index (χ1n) is 4.62. The minimum Gasteiger partial charge on any atom is -0.469 e. The van der Waals surface area contributed by atoms with Gasteiger partial charge >= 0.3 is 5.97 Å². The van der Waals surface area contributed by atoms with E-state index < -0.39 is 0 Å². The summed E-state index contributed by atoms with van der Waals surface area (Å²) in [7, 11) is 1.40. The molecule has 0 bridgehead atoms. The summed E-state index contributed by atoms with van der Waals surface area (Å²) in [5.74, 6) is -0.451. The van der Waals surface area contributed by atoms with Gasteiger partial charge in [-0.15, -0.1) is 12.4 Å². The minimum atomic E-state index is -0.230. The van der Waals surface area contributed by atoms with Crippen LogP contribution in [0, 0.1) is 0 Å². The van der Waals surface area contributed by atoms with E-state index in [4.69, 9.17) is 10.5 Å². The summed E-state index contributed by atoms with van der Waals surface area (Å²) in [6.45, 7) is 0.481. The van der Waals surface area contributed by atoms with Gasteiger partial charge in [-0.1, -0.05) is 30.3 Å². The van der Waals surface area contributed by atoms with Gasteiger partial charge < -0.3 is 10.5 Å². The van der Waals surface area contributed by atoms with E-state index in [0.29, 0.717) is 13.0 Å². The van der Waals surface area contributed by atoms with Gasteiger partial charge in [0.2, 0.25) is 0 Å². The van der Waals surface area contributed by atoms with Crippen LogP contribution < -0.4 is 5.73 Å². The molecule has 1 rings (SSSR count). The van der Waals surface area contributed by atoms with Gasteiger partial charge in [-0.2, -0.15) is 0 Å². The Morgan fingerprint density at radius 3 is 2.47 bits per heavy atom. The van der Waals surface area contributed by atoms with Gasteiger partial charge in [0.1, 0.15) is 0 Å². The van der Waals surface area contributed by atoms with Crippen molar-refractivity contribution in [3.8, 4) is 0 Å². The topological polar surface area (TPSA) is 52.3 Å². The van der Waals surface area contributed by atoms with Crippen LogP contribution in [-0.2, 0) is 9.53 Å². The van der Waals surface area contributed by atoms with Crippen LogP contribution >= 0.6 is 12.4 Å². The Morgan fingerprint density at radius 1 is 1.40 bits per heavy atom. The number of benzene rings is 1. The third-order valence-electron chi connectivity index (χ3n) is 2.14. The fraction of sp³-hybridized carbons (Fsp3) is 0.364. The van der Waals surface area contributed by atoms with Crippen molar-refractivity contribution < 1.29 is 9.53 Å². The molecule has 0 spiro atoms. The summed E-state index contributed by atoms with van der Waals surface area (Å²) >= 11 is 0. The van der Waals surface area contributed by atoms with E-state index in [1.54, 1.807) is 0 Å². The van der Waals surface area contributed by atoms with Crippen LogP contribution in [-0.4, -0.2) is 19.6 Å². The van der Waals surface area contributed by atoms with E-state index in [-0.39, 0.29) is 24.3 Å². The summed E-state index contributed by atoms with van der Waals surface area (Å²) in [4.78, 5) is 11.4. The molecule has 0 aliphatic rings. The number of carbonyl (C=O) groups is 1. The maximum Gasteiger partial charge on any atom is 0.313 e. The molecule has 2 N–H and O–H groups in total. The number of hydrogen-bond donors (Lipinski definition) is 1. The van der Waals surface area contributed by atoms with Crippen molar-refractivity contribution in [2.75, 3.05) is 13.7 Å². The molecule has 15 heavy (non-hydrogen) atoms. The first-order chi connectivity index (χ1) is 6.79. The maximum atomic E-state index is 11.4. The molecule has 1 aromatic rings. The lowest BCUT2D eigenvalue weighted by atomic mass is 9.96. The Morgan fingerprint density at radius 2 is 2.00 bits per heavy atom. The predicted molar refractivity (Wildman–Crippen MR) is 62.1 cm³/mol. The number of esters is 1. The Hall–Kier alpha value is -1.06. The highest BCUT2D eigenvalue weighted by atomic mass is 35.5. The van der Waals surface area contributed by atoms with E-state index in [0.717, 1.165) is 5.56 Å². The van der Waals surface area contributed by atoms with Crippen LogP contribution in [0.15, 0.2) is 30.3 Å². The molecule has 0 aromatic heterocycles. The molecule has 0 amide bonds. The second kappa shape index (κ2) is 7.26. The molecule has 0 saturated carbocycles. The highest BCUT2D eigenvalue weighted by molar-refractivity contribution is 5.85. The molecule has 1 aromatic carbocycles. The zero-order valence-electron chi connectivity index (χ0n) is 8.68. The van der Waals surface area contributed by atoms with Crippen LogP contribution in [0.2, 0.25) is 0 Å². The standard InChI is InChI=1S/C11H15NO2.ClH/c1-14-11(13)10(7-8-12)9-5-3-2-4-6-9;/h2-6,10H,7-8,12H2,1H3;1H. The Bertz CT molecular complexity index is 290. The van der Waals surface area contributed by atoms with Crippen molar-refractivity contribution in [1.82, 2.24) is 0 Å². The molecule has 1 unspecified atom stereocenters. The van der Waals surface area contributed by atoms with E-state index in [2.05, 4.69) is 0 Å². The summed E-state index contributed by atoms with van der Waals surface area (Å²) < 4.78 is 4.72. The van der Waals surface area contributed by atoms with E-state index in [1.165, 1.54) is 7.11 Å². The van der Waals surface area contributed by atoms with Crippen LogP contribution in [0.5, 0.6) is 0 Å². The summed E-state index contributed by atoms with van der Waals surface area (Å²) in [5, 5.41) is 0. The normalized spacial score (nSPS) is 11.3. The molecule has 3 nitrogen and oxygen atoms in total. The lowest BCUT2D eigenvalue weighted by molar-refractivity contribution is -0.142. The first kappa shape index (κ1) is 13.9. The van der Waals surface area contributed by atoms with Gasteiger partial charge in [-0.25, -0.2) is 0 Å². The Kier molecular flexibility index (Phi) is 6.75. The zero-order valence-corrected chi connectivity index (χ0v) is 9.50. The van der Waals surface area contributed by atoms with E-state index in [1.807, 2.05) is 30.3 Å². The highest BCUT2D eigenvalue weighted by Crippen LogP contribution is 2.19. The molecular formula is C11H16ClNO2. The highest BCUT2D eigenvalue weighted by Gasteiger charge is 2.19. The second-order valence-electron chi connectivity index (χ2n) is 3.06. The van der Waals surface area contributed by atoms with Crippen molar-refractivity contribution in [2.45, 2.75) is 12.3 Å². The van der Waals surface area contributed by atoms with Gasteiger partial charge in [-0.05, 0) is 18.5 Å². The molecule has 1 atom stereocenters. The smallest absolute Gasteiger partial charge is 0.313 e. The molecule has 0 radical (unpaired) electrons. The first-order valence-corrected chi connectivity index (χ1v) is 4.62. The SMILES string of the molecule is COC(=O)C(CCN)c1ccccc1.Cl. The third-order valence-corrected chi connectivity index (χ3v) is 2.14. The maximum absolute atomic E-state index is 11.4. The van der Waals surface area contributed by atoms with Crippen molar-refractivity contribution in [1.29, 1.82) is 0 Å².